The molecule has 3 rings (SSSR count). The van der Waals surface area contributed by atoms with Gasteiger partial charge in [-0.3, -0.25) is 9.78 Å². The highest BCUT2D eigenvalue weighted by atomic mass is 16.1. The van der Waals surface area contributed by atoms with Crippen LogP contribution < -0.4 is 5.56 Å². The van der Waals surface area contributed by atoms with Crippen LogP contribution in [0.5, 0.6) is 0 Å². The van der Waals surface area contributed by atoms with Crippen molar-refractivity contribution in [1.82, 2.24) is 19.6 Å². The number of hydrogen-bond donors (Lipinski definition) is 1. The number of fused-ring (bicyclic) bond motifs is 1. The van der Waals surface area contributed by atoms with Crippen LogP contribution in [-0.2, 0) is 0 Å². The third kappa shape index (κ3) is 2.07. The average molecular weight is 293 g/mol. The van der Waals surface area contributed by atoms with Crippen molar-refractivity contribution in [1.29, 1.82) is 5.26 Å². The molecule has 0 aromatic carbocycles. The van der Waals surface area contributed by atoms with Crippen molar-refractivity contribution in [3.05, 3.63) is 51.7 Å². The van der Waals surface area contributed by atoms with E-state index in [2.05, 4.69) is 15.1 Å². The summed E-state index contributed by atoms with van der Waals surface area (Å²) >= 11 is 0. The topological polar surface area (TPSA) is 86.8 Å². The quantitative estimate of drug-likeness (QED) is 0.786. The molecule has 3 aromatic rings. The first-order valence-corrected chi connectivity index (χ1v) is 6.99. The predicted molar refractivity (Wildman–Crippen MR) is 82.6 cm³/mol. The van der Waals surface area contributed by atoms with Gasteiger partial charge in [0.05, 0.1) is 11.9 Å². The molecule has 6 nitrogen and oxygen atoms in total. The zero-order chi connectivity index (χ0) is 15.9. The minimum Gasteiger partial charge on any atom is -0.338 e. The Labute approximate surface area is 127 Å². The highest BCUT2D eigenvalue weighted by Crippen LogP contribution is 2.26. The Balaban J connectivity index is 2.44. The van der Waals surface area contributed by atoms with Crippen LogP contribution in [0.2, 0.25) is 0 Å². The van der Waals surface area contributed by atoms with Gasteiger partial charge in [0.2, 0.25) is 0 Å². The molecule has 0 aliphatic heterocycles. The zero-order valence-electron chi connectivity index (χ0n) is 12.6. The van der Waals surface area contributed by atoms with E-state index >= 15 is 0 Å². The maximum absolute atomic E-state index is 12.7. The smallest absolute Gasteiger partial charge is 0.278 e. The molecule has 0 atom stereocenters. The Morgan fingerprint density at radius 3 is 2.73 bits per heavy atom. The molecular formula is C16H15N5O. The van der Waals surface area contributed by atoms with Crippen molar-refractivity contribution in [3.63, 3.8) is 0 Å². The number of aryl methyl sites for hydroxylation is 1. The molecule has 0 aliphatic rings. The lowest BCUT2D eigenvalue weighted by molar-refractivity contribution is 0.797. The number of H-pyrrole nitrogens is 1. The SMILES string of the molecule is Cc1cncc(-c2[nH]c3c(C#N)cnn3c(=O)c2C(C)C)c1. The molecule has 0 saturated carbocycles. The van der Waals surface area contributed by atoms with E-state index in [4.69, 9.17) is 5.26 Å². The summed E-state index contributed by atoms with van der Waals surface area (Å²) in [6, 6.07) is 4.01. The van der Waals surface area contributed by atoms with Gasteiger partial charge in [0, 0.05) is 23.5 Å². The Kier molecular flexibility index (Phi) is 3.26. The highest BCUT2D eigenvalue weighted by molar-refractivity contribution is 5.67. The molecule has 0 radical (unpaired) electrons. The molecule has 0 aliphatic carbocycles. The first-order chi connectivity index (χ1) is 10.5. The summed E-state index contributed by atoms with van der Waals surface area (Å²) in [6.07, 6.45) is 4.87. The maximum atomic E-state index is 12.7. The largest absolute Gasteiger partial charge is 0.338 e. The van der Waals surface area contributed by atoms with Crippen molar-refractivity contribution in [3.8, 4) is 17.3 Å². The molecule has 22 heavy (non-hydrogen) atoms. The van der Waals surface area contributed by atoms with Crippen molar-refractivity contribution >= 4 is 5.65 Å². The van der Waals surface area contributed by atoms with Crippen LogP contribution in [0.1, 0.15) is 36.5 Å². The van der Waals surface area contributed by atoms with E-state index in [0.29, 0.717) is 22.5 Å². The molecule has 0 bridgehead atoms. The van der Waals surface area contributed by atoms with Crippen molar-refractivity contribution < 1.29 is 0 Å². The predicted octanol–water partition coefficient (Wildman–Crippen LogP) is 2.39. The van der Waals surface area contributed by atoms with Crippen LogP contribution in [-0.4, -0.2) is 19.6 Å². The number of hydrogen-bond acceptors (Lipinski definition) is 4. The van der Waals surface area contributed by atoms with Crippen molar-refractivity contribution in [2.24, 2.45) is 0 Å². The third-order valence-electron chi connectivity index (χ3n) is 3.57. The molecule has 0 saturated heterocycles. The molecule has 1 N–H and O–H groups in total. The second kappa shape index (κ2) is 5.11. The second-order valence-corrected chi connectivity index (χ2v) is 5.55. The van der Waals surface area contributed by atoms with E-state index in [1.807, 2.05) is 32.9 Å². The van der Waals surface area contributed by atoms with Gasteiger partial charge in [0.1, 0.15) is 11.6 Å². The van der Waals surface area contributed by atoms with Crippen molar-refractivity contribution in [2.45, 2.75) is 26.7 Å². The Hall–Kier alpha value is -2.94. The van der Waals surface area contributed by atoms with Crippen LogP contribution in [0.25, 0.3) is 16.9 Å². The zero-order valence-corrected chi connectivity index (χ0v) is 12.6. The van der Waals surface area contributed by atoms with Crippen molar-refractivity contribution in [2.75, 3.05) is 0 Å². The molecule has 0 amide bonds. The summed E-state index contributed by atoms with van der Waals surface area (Å²) < 4.78 is 1.25. The minimum absolute atomic E-state index is 0.0124. The van der Waals surface area contributed by atoms with E-state index in [1.165, 1.54) is 10.7 Å². The molecule has 3 heterocycles. The van der Waals surface area contributed by atoms with Crippen LogP contribution in [0.15, 0.2) is 29.5 Å². The Morgan fingerprint density at radius 1 is 1.32 bits per heavy atom. The second-order valence-electron chi connectivity index (χ2n) is 5.55. The number of nitrogens with one attached hydrogen (secondary N) is 1. The number of pyridine rings is 1. The van der Waals surface area contributed by atoms with Crippen LogP contribution >= 0.6 is 0 Å². The summed E-state index contributed by atoms with van der Waals surface area (Å²) in [5.74, 6) is 0.0124. The van der Waals surface area contributed by atoms with Gasteiger partial charge < -0.3 is 4.98 Å². The summed E-state index contributed by atoms with van der Waals surface area (Å²) in [5.41, 5.74) is 3.70. The molecular weight excluding hydrogens is 278 g/mol. The lowest BCUT2D eigenvalue weighted by Gasteiger charge is -2.13. The number of nitrogens with zero attached hydrogens (tertiary/aromatic N) is 4. The first kappa shape index (κ1) is 14.0. The molecule has 0 unspecified atom stereocenters. The van der Waals surface area contributed by atoms with Gasteiger partial charge >= 0.3 is 0 Å². The average Bonchev–Trinajstić information content (AvgIpc) is 2.90. The summed E-state index contributed by atoms with van der Waals surface area (Å²) in [6.45, 7) is 5.86. The van der Waals surface area contributed by atoms with Gasteiger partial charge in [-0.25, -0.2) is 0 Å². The van der Waals surface area contributed by atoms with E-state index in [-0.39, 0.29) is 11.5 Å². The van der Waals surface area contributed by atoms with Gasteiger partial charge in [-0.2, -0.15) is 14.9 Å². The molecule has 3 aromatic heterocycles. The maximum Gasteiger partial charge on any atom is 0.278 e. The third-order valence-corrected chi connectivity index (χ3v) is 3.57. The van der Waals surface area contributed by atoms with Gasteiger partial charge in [-0.05, 0) is 24.5 Å². The van der Waals surface area contributed by atoms with E-state index in [0.717, 1.165) is 11.1 Å². The van der Waals surface area contributed by atoms with E-state index in [9.17, 15) is 4.79 Å². The summed E-state index contributed by atoms with van der Waals surface area (Å²) in [7, 11) is 0. The van der Waals surface area contributed by atoms with Crippen LogP contribution in [0.4, 0.5) is 0 Å². The van der Waals surface area contributed by atoms with Gasteiger partial charge in [0.15, 0.2) is 5.65 Å². The molecule has 110 valence electrons. The van der Waals surface area contributed by atoms with Gasteiger partial charge in [-0.1, -0.05) is 13.8 Å². The van der Waals surface area contributed by atoms with E-state index < -0.39 is 0 Å². The van der Waals surface area contributed by atoms with Gasteiger partial charge in [0.25, 0.3) is 5.56 Å². The summed E-state index contributed by atoms with van der Waals surface area (Å²) in [5, 5.41) is 13.2. The number of rotatable bonds is 2. The molecule has 6 heteroatoms. The summed E-state index contributed by atoms with van der Waals surface area (Å²) in [4.78, 5) is 20.1. The highest BCUT2D eigenvalue weighted by Gasteiger charge is 2.19. The fraction of sp³-hybridized carbons (Fsp3) is 0.250. The van der Waals surface area contributed by atoms with Crippen LogP contribution in [0, 0.1) is 18.3 Å². The monoisotopic (exact) mass is 293 g/mol. The molecule has 0 fully saturated rings. The fourth-order valence-electron chi connectivity index (χ4n) is 2.57. The number of aromatic nitrogens is 4. The van der Waals surface area contributed by atoms with E-state index in [1.54, 1.807) is 12.4 Å². The normalized spacial score (nSPS) is 11.0. The van der Waals surface area contributed by atoms with Gasteiger partial charge in [-0.15, -0.1) is 0 Å². The standard InChI is InChI=1S/C16H15N5O/c1-9(2)13-14(11-4-10(3)6-18-7-11)20-15-12(5-17)8-19-21(15)16(13)22/h4,6-9,20H,1-3H3. The lowest BCUT2D eigenvalue weighted by atomic mass is 9.98. The molecule has 0 spiro atoms. The Morgan fingerprint density at radius 2 is 2.09 bits per heavy atom. The first-order valence-electron chi connectivity index (χ1n) is 6.99. The van der Waals surface area contributed by atoms with Crippen LogP contribution in [0.3, 0.4) is 0 Å². The number of aromatic amines is 1. The minimum atomic E-state index is -0.207. The Bertz CT molecular complexity index is 959. The fourth-order valence-corrected chi connectivity index (χ4v) is 2.57. The lowest BCUT2D eigenvalue weighted by Crippen LogP contribution is -2.22. The number of nitriles is 1.